The van der Waals surface area contributed by atoms with Crippen molar-refractivity contribution in [2.45, 2.75) is 6.10 Å². The molecule has 0 unspecified atom stereocenters. The van der Waals surface area contributed by atoms with Gasteiger partial charge in [-0.05, 0) is 24.3 Å². The summed E-state index contributed by atoms with van der Waals surface area (Å²) in [7, 11) is 0. The van der Waals surface area contributed by atoms with Gasteiger partial charge in [0.1, 0.15) is 18.5 Å². The first-order valence-electron chi connectivity index (χ1n) is 8.19. The number of anilines is 1. The van der Waals surface area contributed by atoms with Crippen molar-refractivity contribution in [2.75, 3.05) is 44.2 Å². The highest BCUT2D eigenvalue weighted by atomic mass is 16.5. The van der Waals surface area contributed by atoms with Crippen LogP contribution in [0.15, 0.2) is 60.7 Å². The molecule has 0 aliphatic carbocycles. The lowest BCUT2D eigenvalue weighted by Gasteiger charge is -2.36. The summed E-state index contributed by atoms with van der Waals surface area (Å²) in [5, 5.41) is 10.2. The van der Waals surface area contributed by atoms with E-state index in [0.29, 0.717) is 13.2 Å². The first kappa shape index (κ1) is 15.8. The summed E-state index contributed by atoms with van der Waals surface area (Å²) < 4.78 is 5.61. The second kappa shape index (κ2) is 7.99. The molecule has 0 aromatic heterocycles. The number of hydrogen-bond donors (Lipinski definition) is 1. The van der Waals surface area contributed by atoms with Crippen LogP contribution < -0.4 is 9.64 Å². The summed E-state index contributed by atoms with van der Waals surface area (Å²) in [5.41, 5.74) is 1.28. The Hall–Kier alpha value is -2.04. The van der Waals surface area contributed by atoms with Gasteiger partial charge in [0.15, 0.2) is 0 Å². The number of rotatable bonds is 6. The highest BCUT2D eigenvalue weighted by Crippen LogP contribution is 2.15. The third-order valence-corrected chi connectivity index (χ3v) is 4.15. The Morgan fingerprint density at radius 1 is 0.870 bits per heavy atom. The number of aliphatic hydroxyl groups is 1. The summed E-state index contributed by atoms with van der Waals surface area (Å²) in [4.78, 5) is 4.70. The number of ether oxygens (including phenoxy) is 1. The van der Waals surface area contributed by atoms with E-state index in [-0.39, 0.29) is 0 Å². The minimum atomic E-state index is -0.460. The molecule has 4 nitrogen and oxygen atoms in total. The number of nitrogens with zero attached hydrogens (tertiary/aromatic N) is 2. The molecule has 2 aromatic carbocycles. The molecule has 4 heteroatoms. The van der Waals surface area contributed by atoms with E-state index in [1.165, 1.54) is 5.69 Å². The second-order valence-electron chi connectivity index (χ2n) is 5.90. The molecule has 1 heterocycles. The van der Waals surface area contributed by atoms with E-state index in [1.807, 2.05) is 36.4 Å². The van der Waals surface area contributed by atoms with Crippen LogP contribution in [0.25, 0.3) is 0 Å². The average molecular weight is 312 g/mol. The molecule has 122 valence electrons. The number of piperazine rings is 1. The van der Waals surface area contributed by atoms with E-state index >= 15 is 0 Å². The average Bonchev–Trinajstić information content (AvgIpc) is 2.62. The van der Waals surface area contributed by atoms with E-state index in [9.17, 15) is 5.11 Å². The van der Waals surface area contributed by atoms with Crippen LogP contribution in [-0.4, -0.2) is 55.4 Å². The number of benzene rings is 2. The zero-order valence-electron chi connectivity index (χ0n) is 13.3. The molecule has 23 heavy (non-hydrogen) atoms. The van der Waals surface area contributed by atoms with Gasteiger partial charge >= 0.3 is 0 Å². The van der Waals surface area contributed by atoms with Gasteiger partial charge in [-0.2, -0.15) is 0 Å². The van der Waals surface area contributed by atoms with Gasteiger partial charge in [0.2, 0.25) is 0 Å². The first-order chi connectivity index (χ1) is 11.3. The Bertz CT molecular complexity index is 568. The predicted molar refractivity (Wildman–Crippen MR) is 93.0 cm³/mol. The maximum absolute atomic E-state index is 10.2. The standard InChI is InChI=1S/C19H24N2O2/c22-18(16-23-19-9-5-2-6-10-19)15-20-11-13-21(14-12-20)17-7-3-1-4-8-17/h1-10,18,22H,11-16H2/t18-/m0/s1. The van der Waals surface area contributed by atoms with Gasteiger partial charge in [0, 0.05) is 38.4 Å². The van der Waals surface area contributed by atoms with Gasteiger partial charge in [-0.25, -0.2) is 0 Å². The third kappa shape index (κ3) is 4.71. The lowest BCUT2D eigenvalue weighted by atomic mass is 10.2. The SMILES string of the molecule is O[C@H](COc1ccccc1)CN1CCN(c2ccccc2)CC1. The second-order valence-corrected chi connectivity index (χ2v) is 5.90. The fourth-order valence-electron chi connectivity index (χ4n) is 2.89. The van der Waals surface area contributed by atoms with E-state index in [0.717, 1.165) is 31.9 Å². The number of aliphatic hydroxyl groups excluding tert-OH is 1. The normalized spacial score (nSPS) is 17.0. The van der Waals surface area contributed by atoms with Crippen LogP contribution in [0.3, 0.4) is 0 Å². The van der Waals surface area contributed by atoms with Crippen LogP contribution in [0.2, 0.25) is 0 Å². The summed E-state index contributed by atoms with van der Waals surface area (Å²) in [6.45, 7) is 4.93. The van der Waals surface area contributed by atoms with Gasteiger partial charge in [0.05, 0.1) is 0 Å². The Labute approximate surface area is 137 Å². The van der Waals surface area contributed by atoms with Gasteiger partial charge in [-0.15, -0.1) is 0 Å². The molecule has 3 rings (SSSR count). The van der Waals surface area contributed by atoms with Gasteiger partial charge in [-0.1, -0.05) is 36.4 Å². The van der Waals surface area contributed by atoms with Crippen molar-refractivity contribution in [3.8, 4) is 5.75 Å². The van der Waals surface area contributed by atoms with E-state index in [4.69, 9.17) is 4.74 Å². The molecule has 1 aliphatic rings. The molecule has 0 amide bonds. The number of hydrogen-bond acceptors (Lipinski definition) is 4. The molecule has 0 saturated carbocycles. The predicted octanol–water partition coefficient (Wildman–Crippen LogP) is 2.25. The van der Waals surface area contributed by atoms with Crippen molar-refractivity contribution in [3.05, 3.63) is 60.7 Å². The molecular formula is C19H24N2O2. The van der Waals surface area contributed by atoms with Crippen molar-refractivity contribution in [1.29, 1.82) is 0 Å². The fourth-order valence-corrected chi connectivity index (χ4v) is 2.89. The lowest BCUT2D eigenvalue weighted by molar-refractivity contribution is 0.0663. The van der Waals surface area contributed by atoms with Crippen molar-refractivity contribution >= 4 is 5.69 Å². The maximum Gasteiger partial charge on any atom is 0.119 e. The van der Waals surface area contributed by atoms with Gasteiger partial charge < -0.3 is 14.7 Å². The molecule has 0 radical (unpaired) electrons. The summed E-state index contributed by atoms with van der Waals surface area (Å²) in [6, 6.07) is 20.1. The van der Waals surface area contributed by atoms with Gasteiger partial charge in [0.25, 0.3) is 0 Å². The molecule has 1 aliphatic heterocycles. The van der Waals surface area contributed by atoms with Crippen LogP contribution in [0.1, 0.15) is 0 Å². The van der Waals surface area contributed by atoms with Crippen LogP contribution in [-0.2, 0) is 0 Å². The molecule has 1 N–H and O–H groups in total. The molecule has 1 atom stereocenters. The van der Waals surface area contributed by atoms with Gasteiger partial charge in [-0.3, -0.25) is 4.90 Å². The number of para-hydroxylation sites is 2. The van der Waals surface area contributed by atoms with Crippen LogP contribution in [0, 0.1) is 0 Å². The summed E-state index contributed by atoms with van der Waals surface area (Å²) in [6.07, 6.45) is -0.460. The fraction of sp³-hybridized carbons (Fsp3) is 0.368. The highest BCUT2D eigenvalue weighted by molar-refractivity contribution is 5.46. The minimum absolute atomic E-state index is 0.336. The molecule has 0 bridgehead atoms. The topological polar surface area (TPSA) is 35.9 Å². The van der Waals surface area contributed by atoms with Crippen molar-refractivity contribution in [1.82, 2.24) is 4.90 Å². The zero-order chi connectivity index (χ0) is 15.9. The number of β-amino-alcohol motifs (C(OH)–C–C–N with tert-alkyl or cyclic N) is 1. The van der Waals surface area contributed by atoms with E-state index in [1.54, 1.807) is 0 Å². The van der Waals surface area contributed by atoms with E-state index in [2.05, 4.69) is 34.1 Å². The zero-order valence-corrected chi connectivity index (χ0v) is 13.3. The van der Waals surface area contributed by atoms with Crippen molar-refractivity contribution < 1.29 is 9.84 Å². The molecule has 0 spiro atoms. The summed E-state index contributed by atoms with van der Waals surface area (Å²) in [5.74, 6) is 0.806. The smallest absolute Gasteiger partial charge is 0.119 e. The largest absolute Gasteiger partial charge is 0.491 e. The van der Waals surface area contributed by atoms with Crippen LogP contribution in [0.5, 0.6) is 5.75 Å². The van der Waals surface area contributed by atoms with Crippen molar-refractivity contribution in [3.63, 3.8) is 0 Å². The summed E-state index contributed by atoms with van der Waals surface area (Å²) >= 11 is 0. The molecule has 1 saturated heterocycles. The highest BCUT2D eigenvalue weighted by Gasteiger charge is 2.19. The molecule has 1 fully saturated rings. The first-order valence-corrected chi connectivity index (χ1v) is 8.19. The minimum Gasteiger partial charge on any atom is -0.491 e. The Kier molecular flexibility index (Phi) is 5.51. The van der Waals surface area contributed by atoms with Crippen LogP contribution in [0.4, 0.5) is 5.69 Å². The molecule has 2 aromatic rings. The monoisotopic (exact) mass is 312 g/mol. The Balaban J connectivity index is 1.40. The Morgan fingerprint density at radius 2 is 1.48 bits per heavy atom. The Morgan fingerprint density at radius 3 is 2.13 bits per heavy atom. The maximum atomic E-state index is 10.2. The van der Waals surface area contributed by atoms with Crippen molar-refractivity contribution in [2.24, 2.45) is 0 Å². The van der Waals surface area contributed by atoms with E-state index < -0.39 is 6.10 Å². The van der Waals surface area contributed by atoms with Crippen LogP contribution >= 0.6 is 0 Å². The lowest BCUT2D eigenvalue weighted by Crippen LogP contribution is -2.49. The quantitative estimate of drug-likeness (QED) is 0.887. The molecular weight excluding hydrogens is 288 g/mol. The third-order valence-electron chi connectivity index (χ3n) is 4.15.